The Labute approximate surface area is 127 Å². The zero-order valence-corrected chi connectivity index (χ0v) is 14.0. The van der Waals surface area contributed by atoms with Gasteiger partial charge in [-0.2, -0.15) is 0 Å². The van der Waals surface area contributed by atoms with E-state index in [9.17, 15) is 0 Å². The third-order valence-corrected chi connectivity index (χ3v) is 4.44. The maximum atomic E-state index is 6.22. The van der Waals surface area contributed by atoms with E-state index in [-0.39, 0.29) is 0 Å². The summed E-state index contributed by atoms with van der Waals surface area (Å²) >= 11 is 0. The molecule has 2 heteroatoms. The van der Waals surface area contributed by atoms with Gasteiger partial charge in [0.05, 0.1) is 6.10 Å². The predicted octanol–water partition coefficient (Wildman–Crippen LogP) is 5.06. The second-order valence-corrected chi connectivity index (χ2v) is 6.38. The van der Waals surface area contributed by atoms with Gasteiger partial charge in [-0.15, -0.1) is 0 Å². The Balaban J connectivity index is 2.13. The number of ether oxygens (including phenoxy) is 1. The molecule has 1 fully saturated rings. The van der Waals surface area contributed by atoms with Gasteiger partial charge in [-0.1, -0.05) is 65.2 Å². The molecule has 1 N–H and O–H groups in total. The Morgan fingerprint density at radius 1 is 0.850 bits per heavy atom. The van der Waals surface area contributed by atoms with Gasteiger partial charge in [0.1, 0.15) is 0 Å². The lowest BCUT2D eigenvalue weighted by Gasteiger charge is -2.26. The summed E-state index contributed by atoms with van der Waals surface area (Å²) in [5.74, 6) is 0. The minimum atomic E-state index is 0.472. The van der Waals surface area contributed by atoms with Gasteiger partial charge in [0.15, 0.2) is 0 Å². The second kappa shape index (κ2) is 12.6. The Bertz CT molecular complexity index is 208. The first kappa shape index (κ1) is 18.0. The SMILES string of the molecule is CCCCCCCCOC1CCCCCC1NCCC. The smallest absolute Gasteiger partial charge is 0.0728 e. The fourth-order valence-corrected chi connectivity index (χ4v) is 3.15. The topological polar surface area (TPSA) is 21.3 Å². The summed E-state index contributed by atoms with van der Waals surface area (Å²) in [5, 5.41) is 3.71. The van der Waals surface area contributed by atoms with Gasteiger partial charge in [0.25, 0.3) is 0 Å². The van der Waals surface area contributed by atoms with Gasteiger partial charge >= 0.3 is 0 Å². The molecule has 0 aliphatic heterocycles. The van der Waals surface area contributed by atoms with Gasteiger partial charge in [-0.3, -0.25) is 0 Å². The van der Waals surface area contributed by atoms with Crippen molar-refractivity contribution < 1.29 is 4.74 Å². The van der Waals surface area contributed by atoms with Crippen LogP contribution in [0.15, 0.2) is 0 Å². The standard InChI is InChI=1S/C18H37NO/c1-3-5-6-7-8-12-16-20-18-14-11-9-10-13-17(18)19-15-4-2/h17-19H,3-16H2,1-2H3. The molecule has 1 aliphatic rings. The third kappa shape index (κ3) is 8.26. The lowest BCUT2D eigenvalue weighted by molar-refractivity contribution is 0.0200. The summed E-state index contributed by atoms with van der Waals surface area (Å²) in [6, 6.07) is 0.609. The molecule has 1 saturated carbocycles. The minimum Gasteiger partial charge on any atom is -0.377 e. The highest BCUT2D eigenvalue weighted by atomic mass is 16.5. The van der Waals surface area contributed by atoms with Crippen LogP contribution in [0, 0.1) is 0 Å². The lowest BCUT2D eigenvalue weighted by atomic mass is 10.1. The van der Waals surface area contributed by atoms with Gasteiger partial charge in [0, 0.05) is 12.6 Å². The molecule has 2 nitrogen and oxygen atoms in total. The van der Waals surface area contributed by atoms with Gasteiger partial charge < -0.3 is 10.1 Å². The highest BCUT2D eigenvalue weighted by Gasteiger charge is 2.23. The van der Waals surface area contributed by atoms with E-state index in [1.54, 1.807) is 0 Å². The molecule has 0 bridgehead atoms. The summed E-state index contributed by atoms with van der Waals surface area (Å²) in [7, 11) is 0. The van der Waals surface area contributed by atoms with Crippen molar-refractivity contribution in [1.82, 2.24) is 5.32 Å². The van der Waals surface area contributed by atoms with Crippen LogP contribution in [-0.2, 0) is 4.74 Å². The summed E-state index contributed by atoms with van der Waals surface area (Å²) in [4.78, 5) is 0. The molecule has 20 heavy (non-hydrogen) atoms. The number of hydrogen-bond donors (Lipinski definition) is 1. The molecular weight excluding hydrogens is 246 g/mol. The quantitative estimate of drug-likeness (QED) is 0.422. The Kier molecular flexibility index (Phi) is 11.4. The van der Waals surface area contributed by atoms with E-state index < -0.39 is 0 Å². The maximum absolute atomic E-state index is 6.22. The van der Waals surface area contributed by atoms with Crippen LogP contribution in [-0.4, -0.2) is 25.3 Å². The monoisotopic (exact) mass is 283 g/mol. The Morgan fingerprint density at radius 3 is 2.40 bits per heavy atom. The van der Waals surface area contributed by atoms with Crippen LogP contribution < -0.4 is 5.32 Å². The van der Waals surface area contributed by atoms with Crippen LogP contribution in [0.2, 0.25) is 0 Å². The average Bonchev–Trinajstić information content (AvgIpc) is 2.69. The number of unbranched alkanes of at least 4 members (excludes halogenated alkanes) is 5. The second-order valence-electron chi connectivity index (χ2n) is 6.38. The highest BCUT2D eigenvalue weighted by Crippen LogP contribution is 2.21. The zero-order chi connectivity index (χ0) is 14.5. The van der Waals surface area contributed by atoms with Crippen molar-refractivity contribution in [3.05, 3.63) is 0 Å². The number of hydrogen-bond acceptors (Lipinski definition) is 2. The molecule has 1 aliphatic carbocycles. The molecule has 0 amide bonds. The van der Waals surface area contributed by atoms with Crippen molar-refractivity contribution >= 4 is 0 Å². The van der Waals surface area contributed by atoms with Crippen LogP contribution >= 0.6 is 0 Å². The van der Waals surface area contributed by atoms with E-state index in [4.69, 9.17) is 4.74 Å². The van der Waals surface area contributed by atoms with Crippen molar-refractivity contribution in [2.24, 2.45) is 0 Å². The van der Waals surface area contributed by atoms with Crippen molar-refractivity contribution in [3.63, 3.8) is 0 Å². The molecule has 0 heterocycles. The summed E-state index contributed by atoms with van der Waals surface area (Å²) < 4.78 is 6.22. The minimum absolute atomic E-state index is 0.472. The van der Waals surface area contributed by atoms with E-state index in [1.165, 1.54) is 77.0 Å². The molecule has 0 radical (unpaired) electrons. The number of nitrogens with one attached hydrogen (secondary N) is 1. The first-order chi connectivity index (χ1) is 9.88. The molecule has 2 unspecified atom stereocenters. The predicted molar refractivity (Wildman–Crippen MR) is 88.3 cm³/mol. The van der Waals surface area contributed by atoms with E-state index in [2.05, 4.69) is 19.2 Å². The molecule has 0 aromatic heterocycles. The molecule has 0 aromatic carbocycles. The first-order valence-corrected chi connectivity index (χ1v) is 9.23. The molecule has 0 spiro atoms. The largest absolute Gasteiger partial charge is 0.377 e. The van der Waals surface area contributed by atoms with Crippen molar-refractivity contribution in [1.29, 1.82) is 0 Å². The molecule has 120 valence electrons. The Morgan fingerprint density at radius 2 is 1.60 bits per heavy atom. The van der Waals surface area contributed by atoms with Gasteiger partial charge in [0.2, 0.25) is 0 Å². The van der Waals surface area contributed by atoms with Crippen LogP contribution in [0.1, 0.15) is 90.9 Å². The molecule has 0 saturated heterocycles. The van der Waals surface area contributed by atoms with Crippen molar-refractivity contribution in [2.75, 3.05) is 13.2 Å². The Hall–Kier alpha value is -0.0800. The normalized spacial score (nSPS) is 23.7. The van der Waals surface area contributed by atoms with Crippen molar-refractivity contribution in [2.45, 2.75) is 103 Å². The number of rotatable bonds is 11. The highest BCUT2D eigenvalue weighted by molar-refractivity contribution is 4.80. The van der Waals surface area contributed by atoms with E-state index in [0.717, 1.165) is 13.2 Å². The summed E-state index contributed by atoms with van der Waals surface area (Å²) in [5.41, 5.74) is 0. The van der Waals surface area contributed by atoms with E-state index in [1.807, 2.05) is 0 Å². The van der Waals surface area contributed by atoms with Crippen LogP contribution in [0.3, 0.4) is 0 Å². The molecule has 2 atom stereocenters. The average molecular weight is 284 g/mol. The van der Waals surface area contributed by atoms with Crippen LogP contribution in [0.4, 0.5) is 0 Å². The first-order valence-electron chi connectivity index (χ1n) is 9.23. The lowest BCUT2D eigenvalue weighted by Crippen LogP contribution is -2.41. The van der Waals surface area contributed by atoms with Gasteiger partial charge in [-0.05, 0) is 32.2 Å². The molecular formula is C18H37NO. The van der Waals surface area contributed by atoms with Crippen molar-refractivity contribution in [3.8, 4) is 0 Å². The van der Waals surface area contributed by atoms with Gasteiger partial charge in [-0.25, -0.2) is 0 Å². The maximum Gasteiger partial charge on any atom is 0.0728 e. The molecule has 0 aromatic rings. The summed E-state index contributed by atoms with van der Waals surface area (Å²) in [6.07, 6.45) is 16.5. The van der Waals surface area contributed by atoms with E-state index >= 15 is 0 Å². The fourth-order valence-electron chi connectivity index (χ4n) is 3.15. The third-order valence-electron chi connectivity index (χ3n) is 4.44. The fraction of sp³-hybridized carbons (Fsp3) is 1.00. The molecule has 1 rings (SSSR count). The zero-order valence-electron chi connectivity index (χ0n) is 14.0. The van der Waals surface area contributed by atoms with E-state index in [0.29, 0.717) is 12.1 Å². The summed E-state index contributed by atoms with van der Waals surface area (Å²) in [6.45, 7) is 6.64. The van der Waals surface area contributed by atoms with Crippen LogP contribution in [0.5, 0.6) is 0 Å². The van der Waals surface area contributed by atoms with Crippen LogP contribution in [0.25, 0.3) is 0 Å².